The van der Waals surface area contributed by atoms with E-state index in [1.807, 2.05) is 18.2 Å². The lowest BCUT2D eigenvalue weighted by Crippen LogP contribution is -2.16. The molecule has 2 aromatic carbocycles. The van der Waals surface area contributed by atoms with Crippen LogP contribution in [0, 0.1) is 17.1 Å². The van der Waals surface area contributed by atoms with Crippen molar-refractivity contribution in [3.8, 4) is 6.07 Å². The van der Waals surface area contributed by atoms with Gasteiger partial charge in [-0.15, -0.1) is 0 Å². The average molecular weight is 332 g/mol. The molecular formula is C18H15ClFNO2. The van der Waals surface area contributed by atoms with Crippen LogP contribution in [-0.4, -0.2) is 13.1 Å². The molecule has 0 amide bonds. The van der Waals surface area contributed by atoms with Crippen LogP contribution in [-0.2, 0) is 9.53 Å². The van der Waals surface area contributed by atoms with E-state index in [2.05, 4.69) is 6.07 Å². The van der Waals surface area contributed by atoms with Crippen LogP contribution in [0.3, 0.4) is 0 Å². The standard InChI is InChI=1S/C18H15ClFNO2/c1-23-18(22)10-16(13-7-14(19)9-15(20)8-13)17(11-21)12-5-3-2-4-6-12/h2-9,16-17H,10H2,1H3. The van der Waals surface area contributed by atoms with Crippen molar-refractivity contribution in [1.29, 1.82) is 5.26 Å². The van der Waals surface area contributed by atoms with Crippen LogP contribution in [0.4, 0.5) is 4.39 Å². The van der Waals surface area contributed by atoms with Gasteiger partial charge in [0.15, 0.2) is 0 Å². The summed E-state index contributed by atoms with van der Waals surface area (Å²) in [5.74, 6) is -2.14. The second-order valence-electron chi connectivity index (χ2n) is 5.11. The molecule has 0 spiro atoms. The summed E-state index contributed by atoms with van der Waals surface area (Å²) in [5.41, 5.74) is 1.25. The predicted octanol–water partition coefficient (Wildman–Crippen LogP) is 4.43. The Morgan fingerprint density at radius 1 is 1.26 bits per heavy atom. The van der Waals surface area contributed by atoms with Gasteiger partial charge in [0.25, 0.3) is 0 Å². The van der Waals surface area contributed by atoms with E-state index in [0.29, 0.717) is 5.56 Å². The first-order valence-corrected chi connectivity index (χ1v) is 7.40. The molecule has 0 aromatic heterocycles. The fourth-order valence-corrected chi connectivity index (χ4v) is 2.77. The van der Waals surface area contributed by atoms with Gasteiger partial charge in [-0.2, -0.15) is 5.26 Å². The second kappa shape index (κ2) is 7.75. The van der Waals surface area contributed by atoms with Crippen molar-refractivity contribution in [1.82, 2.24) is 0 Å². The van der Waals surface area contributed by atoms with Crippen LogP contribution in [0.1, 0.15) is 29.4 Å². The zero-order chi connectivity index (χ0) is 16.8. The number of halogens is 2. The van der Waals surface area contributed by atoms with Crippen molar-refractivity contribution >= 4 is 17.6 Å². The summed E-state index contributed by atoms with van der Waals surface area (Å²) in [6, 6.07) is 15.3. The third-order valence-corrected chi connectivity index (χ3v) is 3.85. The van der Waals surface area contributed by atoms with Gasteiger partial charge < -0.3 is 4.74 Å². The molecule has 0 fully saturated rings. The number of hydrogen-bond donors (Lipinski definition) is 0. The monoisotopic (exact) mass is 331 g/mol. The Labute approximate surface area is 139 Å². The number of rotatable bonds is 5. The minimum atomic E-state index is -0.617. The summed E-state index contributed by atoms with van der Waals surface area (Å²) in [6.45, 7) is 0. The minimum Gasteiger partial charge on any atom is -0.469 e. The first-order chi connectivity index (χ1) is 11.0. The number of carbonyl (C=O) groups excluding carboxylic acids is 1. The number of benzene rings is 2. The largest absolute Gasteiger partial charge is 0.469 e. The van der Waals surface area contributed by atoms with Crippen molar-refractivity contribution in [3.63, 3.8) is 0 Å². The Morgan fingerprint density at radius 2 is 1.96 bits per heavy atom. The third kappa shape index (κ3) is 4.30. The van der Waals surface area contributed by atoms with Gasteiger partial charge in [0.05, 0.1) is 25.5 Å². The van der Waals surface area contributed by atoms with E-state index < -0.39 is 23.6 Å². The number of nitriles is 1. The number of hydrogen-bond acceptors (Lipinski definition) is 3. The fourth-order valence-electron chi connectivity index (χ4n) is 2.54. The van der Waals surface area contributed by atoms with Gasteiger partial charge in [-0.25, -0.2) is 4.39 Å². The maximum absolute atomic E-state index is 13.7. The third-order valence-electron chi connectivity index (χ3n) is 3.63. The maximum atomic E-state index is 13.7. The number of nitrogens with zero attached hydrogens (tertiary/aromatic N) is 1. The van der Waals surface area contributed by atoms with Crippen LogP contribution >= 0.6 is 11.6 Å². The van der Waals surface area contributed by atoms with Crippen LogP contribution in [0.15, 0.2) is 48.5 Å². The van der Waals surface area contributed by atoms with Crippen LogP contribution in [0.5, 0.6) is 0 Å². The molecule has 0 aliphatic rings. The number of esters is 1. The molecule has 5 heteroatoms. The first-order valence-electron chi connectivity index (χ1n) is 7.02. The maximum Gasteiger partial charge on any atom is 0.306 e. The predicted molar refractivity (Wildman–Crippen MR) is 85.6 cm³/mol. The molecular weight excluding hydrogens is 317 g/mol. The molecule has 0 bridgehead atoms. The topological polar surface area (TPSA) is 50.1 Å². The van der Waals surface area contributed by atoms with Crippen molar-refractivity contribution in [2.45, 2.75) is 18.3 Å². The lowest BCUT2D eigenvalue weighted by Gasteiger charge is -2.22. The van der Waals surface area contributed by atoms with Crippen molar-refractivity contribution in [3.05, 3.63) is 70.5 Å². The SMILES string of the molecule is COC(=O)CC(c1cc(F)cc(Cl)c1)C(C#N)c1ccccc1. The molecule has 0 saturated carbocycles. The fraction of sp³-hybridized carbons (Fsp3) is 0.222. The smallest absolute Gasteiger partial charge is 0.306 e. The molecule has 2 rings (SSSR count). The molecule has 2 atom stereocenters. The Balaban J connectivity index is 2.48. The molecule has 3 nitrogen and oxygen atoms in total. The number of carbonyl (C=O) groups is 1. The van der Waals surface area contributed by atoms with E-state index in [9.17, 15) is 14.4 Å². The van der Waals surface area contributed by atoms with E-state index in [1.165, 1.54) is 19.2 Å². The van der Waals surface area contributed by atoms with E-state index in [1.54, 1.807) is 18.2 Å². The van der Waals surface area contributed by atoms with Gasteiger partial charge in [0, 0.05) is 10.9 Å². The van der Waals surface area contributed by atoms with E-state index in [4.69, 9.17) is 16.3 Å². The second-order valence-corrected chi connectivity index (χ2v) is 5.54. The lowest BCUT2D eigenvalue weighted by molar-refractivity contribution is -0.141. The summed E-state index contributed by atoms with van der Waals surface area (Å²) in [4.78, 5) is 11.8. The van der Waals surface area contributed by atoms with E-state index in [0.717, 1.165) is 5.56 Å². The first kappa shape index (κ1) is 17.0. The lowest BCUT2D eigenvalue weighted by atomic mass is 9.80. The molecule has 0 aliphatic carbocycles. The molecule has 0 N–H and O–H groups in total. The van der Waals surface area contributed by atoms with Gasteiger partial charge in [0.1, 0.15) is 5.82 Å². The number of methoxy groups -OCH3 is 1. The minimum absolute atomic E-state index is 0.0383. The van der Waals surface area contributed by atoms with Crippen molar-refractivity contribution < 1.29 is 13.9 Å². The molecule has 0 aliphatic heterocycles. The molecule has 2 unspecified atom stereocenters. The van der Waals surface area contributed by atoms with Crippen LogP contribution < -0.4 is 0 Å². The number of ether oxygens (including phenoxy) is 1. The van der Waals surface area contributed by atoms with Gasteiger partial charge in [-0.1, -0.05) is 41.9 Å². The normalized spacial score (nSPS) is 13.0. The molecule has 0 saturated heterocycles. The Kier molecular flexibility index (Phi) is 5.72. The van der Waals surface area contributed by atoms with Crippen molar-refractivity contribution in [2.75, 3.05) is 7.11 Å². The summed E-state index contributed by atoms with van der Waals surface area (Å²) in [5, 5.41) is 9.83. The molecule has 23 heavy (non-hydrogen) atoms. The molecule has 2 aromatic rings. The quantitative estimate of drug-likeness (QED) is 0.761. The molecule has 118 valence electrons. The molecule has 0 heterocycles. The highest BCUT2D eigenvalue weighted by Crippen LogP contribution is 2.37. The van der Waals surface area contributed by atoms with E-state index >= 15 is 0 Å². The zero-order valence-corrected chi connectivity index (χ0v) is 13.3. The van der Waals surface area contributed by atoms with Crippen LogP contribution in [0.25, 0.3) is 0 Å². The van der Waals surface area contributed by atoms with E-state index in [-0.39, 0.29) is 11.4 Å². The molecule has 0 radical (unpaired) electrons. The Hall–Kier alpha value is -2.38. The van der Waals surface area contributed by atoms with Crippen LogP contribution in [0.2, 0.25) is 5.02 Å². The van der Waals surface area contributed by atoms with Gasteiger partial charge in [0.2, 0.25) is 0 Å². The average Bonchev–Trinajstić information content (AvgIpc) is 2.54. The summed E-state index contributed by atoms with van der Waals surface area (Å²) in [7, 11) is 1.28. The highest BCUT2D eigenvalue weighted by atomic mass is 35.5. The Morgan fingerprint density at radius 3 is 2.52 bits per heavy atom. The summed E-state index contributed by atoms with van der Waals surface area (Å²) in [6.07, 6.45) is -0.0383. The highest BCUT2D eigenvalue weighted by molar-refractivity contribution is 6.30. The summed E-state index contributed by atoms with van der Waals surface area (Å²) >= 11 is 5.92. The van der Waals surface area contributed by atoms with Crippen molar-refractivity contribution in [2.24, 2.45) is 0 Å². The van der Waals surface area contributed by atoms with Gasteiger partial charge in [-0.3, -0.25) is 4.79 Å². The van der Waals surface area contributed by atoms with Gasteiger partial charge in [-0.05, 0) is 29.3 Å². The van der Waals surface area contributed by atoms with Gasteiger partial charge >= 0.3 is 5.97 Å². The Bertz CT molecular complexity index is 707. The zero-order valence-electron chi connectivity index (χ0n) is 12.5. The highest BCUT2D eigenvalue weighted by Gasteiger charge is 2.28. The summed E-state index contributed by atoms with van der Waals surface area (Å²) < 4.78 is 18.4.